The summed E-state index contributed by atoms with van der Waals surface area (Å²) >= 11 is 0. The molecule has 8 heteroatoms. The molecule has 4 rings (SSSR count). The van der Waals surface area contributed by atoms with Crippen molar-refractivity contribution in [1.29, 1.82) is 0 Å². The quantitative estimate of drug-likeness (QED) is 0.496. The topological polar surface area (TPSA) is 80.9 Å². The van der Waals surface area contributed by atoms with Crippen LogP contribution >= 0.6 is 0 Å². The molecule has 0 spiro atoms. The van der Waals surface area contributed by atoms with Crippen LogP contribution in [0.3, 0.4) is 0 Å². The molecule has 3 aromatic heterocycles. The summed E-state index contributed by atoms with van der Waals surface area (Å²) in [6.45, 7) is 7.53. The van der Waals surface area contributed by atoms with Gasteiger partial charge >= 0.3 is 5.69 Å². The smallest absolute Gasteiger partial charge is 0.354 e. The van der Waals surface area contributed by atoms with Crippen LogP contribution in [0.2, 0.25) is 0 Å². The lowest BCUT2D eigenvalue weighted by atomic mass is 10.0. The number of halogens is 2. The molecule has 0 fully saturated rings. The SMILES string of the molecule is CCc1nc(=O)n(-c2c(C)ccnc2C(C)C)c2nc(-c3c(O)cccc3F)c(F)cc12. The van der Waals surface area contributed by atoms with Crippen LogP contribution in [-0.4, -0.2) is 24.6 Å². The number of benzene rings is 1. The number of fused-ring (bicyclic) bond motifs is 1. The Hall–Kier alpha value is -3.68. The Morgan fingerprint density at radius 3 is 2.53 bits per heavy atom. The summed E-state index contributed by atoms with van der Waals surface area (Å²) in [7, 11) is 0. The number of phenolic OH excluding ortho intramolecular Hbond substituents is 1. The van der Waals surface area contributed by atoms with Crippen LogP contribution in [0.25, 0.3) is 28.0 Å². The van der Waals surface area contributed by atoms with Crippen LogP contribution in [0.4, 0.5) is 8.78 Å². The molecule has 0 amide bonds. The molecule has 0 atom stereocenters. The Bertz CT molecular complexity index is 1390. The first-order chi connectivity index (χ1) is 15.2. The number of aromatic hydroxyl groups is 1. The molecular formula is C24H22F2N4O2. The van der Waals surface area contributed by atoms with Crippen LogP contribution < -0.4 is 5.69 Å². The largest absolute Gasteiger partial charge is 0.507 e. The fraction of sp³-hybridized carbons (Fsp3) is 0.250. The summed E-state index contributed by atoms with van der Waals surface area (Å²) in [6.07, 6.45) is 2.03. The fourth-order valence-corrected chi connectivity index (χ4v) is 3.86. The standard InChI is InChI=1S/C24H22F2N4O2/c1-5-17-14-11-16(26)21(19-15(25)7-6-8-18(19)31)29-23(14)30(24(32)28-17)22-13(4)9-10-27-20(22)12(2)3/h6-12,31H,5H2,1-4H3. The molecule has 1 aromatic carbocycles. The van der Waals surface area contributed by atoms with E-state index in [1.54, 1.807) is 19.2 Å². The van der Waals surface area contributed by atoms with Gasteiger partial charge in [-0.05, 0) is 49.1 Å². The molecule has 3 heterocycles. The van der Waals surface area contributed by atoms with E-state index in [4.69, 9.17) is 0 Å². The van der Waals surface area contributed by atoms with E-state index in [9.17, 15) is 14.3 Å². The Labute approximate surface area is 183 Å². The van der Waals surface area contributed by atoms with Crippen LogP contribution in [0.1, 0.15) is 43.6 Å². The van der Waals surface area contributed by atoms with Gasteiger partial charge in [-0.15, -0.1) is 0 Å². The average molecular weight is 436 g/mol. The average Bonchev–Trinajstić information content (AvgIpc) is 2.74. The third-order valence-corrected chi connectivity index (χ3v) is 5.39. The Kier molecular flexibility index (Phi) is 5.46. The van der Waals surface area contributed by atoms with Gasteiger partial charge in [0.2, 0.25) is 0 Å². The molecule has 0 unspecified atom stereocenters. The van der Waals surface area contributed by atoms with Crippen molar-refractivity contribution in [1.82, 2.24) is 19.5 Å². The van der Waals surface area contributed by atoms with Gasteiger partial charge in [0.15, 0.2) is 11.5 Å². The second-order valence-electron chi connectivity index (χ2n) is 7.87. The van der Waals surface area contributed by atoms with Crippen molar-refractivity contribution in [3.63, 3.8) is 0 Å². The van der Waals surface area contributed by atoms with E-state index >= 15 is 4.39 Å². The third-order valence-electron chi connectivity index (χ3n) is 5.39. The number of pyridine rings is 2. The van der Waals surface area contributed by atoms with Gasteiger partial charge in [-0.2, -0.15) is 4.98 Å². The molecule has 0 aliphatic rings. The second-order valence-corrected chi connectivity index (χ2v) is 7.87. The van der Waals surface area contributed by atoms with Crippen molar-refractivity contribution in [2.24, 2.45) is 0 Å². The van der Waals surface area contributed by atoms with E-state index in [1.165, 1.54) is 22.8 Å². The van der Waals surface area contributed by atoms with Crippen LogP contribution in [0.15, 0.2) is 41.3 Å². The van der Waals surface area contributed by atoms with E-state index in [2.05, 4.69) is 15.0 Å². The molecule has 4 aromatic rings. The van der Waals surface area contributed by atoms with Crippen LogP contribution in [-0.2, 0) is 6.42 Å². The molecule has 0 aliphatic heterocycles. The van der Waals surface area contributed by atoms with Crippen LogP contribution in [0, 0.1) is 18.6 Å². The molecule has 0 aliphatic carbocycles. The number of phenols is 1. The number of aromatic nitrogens is 4. The molecule has 0 radical (unpaired) electrons. The van der Waals surface area contributed by atoms with E-state index in [0.29, 0.717) is 28.9 Å². The molecule has 0 saturated heterocycles. The van der Waals surface area contributed by atoms with Crippen molar-refractivity contribution >= 4 is 11.0 Å². The number of rotatable bonds is 4. The monoisotopic (exact) mass is 436 g/mol. The van der Waals surface area contributed by atoms with Gasteiger partial charge in [-0.1, -0.05) is 26.8 Å². The summed E-state index contributed by atoms with van der Waals surface area (Å²) in [4.78, 5) is 26.2. The second kappa shape index (κ2) is 8.11. The van der Waals surface area contributed by atoms with Gasteiger partial charge < -0.3 is 5.11 Å². The minimum atomic E-state index is -0.827. The maximum atomic E-state index is 15.1. The van der Waals surface area contributed by atoms with Crippen molar-refractivity contribution in [3.05, 3.63) is 75.6 Å². The Morgan fingerprint density at radius 2 is 1.88 bits per heavy atom. The minimum Gasteiger partial charge on any atom is -0.507 e. The van der Waals surface area contributed by atoms with Crippen LogP contribution in [0.5, 0.6) is 5.75 Å². The highest BCUT2D eigenvalue weighted by molar-refractivity contribution is 5.84. The molecule has 32 heavy (non-hydrogen) atoms. The van der Waals surface area contributed by atoms with Gasteiger partial charge in [0, 0.05) is 11.6 Å². The Balaban J connectivity index is 2.20. The number of aryl methyl sites for hydroxylation is 2. The maximum absolute atomic E-state index is 15.1. The molecular weight excluding hydrogens is 414 g/mol. The first-order valence-electron chi connectivity index (χ1n) is 10.3. The molecule has 0 saturated carbocycles. The molecule has 6 nitrogen and oxygen atoms in total. The number of hydrogen-bond acceptors (Lipinski definition) is 5. The lowest BCUT2D eigenvalue weighted by Crippen LogP contribution is -2.26. The summed E-state index contributed by atoms with van der Waals surface area (Å²) in [5, 5.41) is 10.5. The lowest BCUT2D eigenvalue weighted by molar-refractivity contribution is 0.470. The van der Waals surface area contributed by atoms with Crippen molar-refractivity contribution < 1.29 is 13.9 Å². The van der Waals surface area contributed by atoms with E-state index in [-0.39, 0.29) is 22.8 Å². The van der Waals surface area contributed by atoms with Gasteiger partial charge in [0.05, 0.1) is 22.6 Å². The molecule has 1 N–H and O–H groups in total. The highest BCUT2D eigenvalue weighted by Crippen LogP contribution is 2.34. The summed E-state index contributed by atoms with van der Waals surface area (Å²) in [5.41, 5.74) is 1.09. The minimum absolute atomic E-state index is 0.0202. The number of hydrogen-bond donors (Lipinski definition) is 1. The molecule has 0 bridgehead atoms. The predicted octanol–water partition coefficient (Wildman–Crippen LogP) is 4.82. The lowest BCUT2D eigenvalue weighted by Gasteiger charge is -2.19. The zero-order chi connectivity index (χ0) is 23.2. The summed E-state index contributed by atoms with van der Waals surface area (Å²) in [5.74, 6) is -2.12. The highest BCUT2D eigenvalue weighted by atomic mass is 19.1. The summed E-state index contributed by atoms with van der Waals surface area (Å²) < 4.78 is 31.0. The Morgan fingerprint density at radius 1 is 1.12 bits per heavy atom. The highest BCUT2D eigenvalue weighted by Gasteiger charge is 2.23. The van der Waals surface area contributed by atoms with Gasteiger partial charge in [-0.25, -0.2) is 23.1 Å². The van der Waals surface area contributed by atoms with Crippen molar-refractivity contribution in [2.45, 2.75) is 40.0 Å². The van der Waals surface area contributed by atoms with Gasteiger partial charge in [0.1, 0.15) is 17.3 Å². The third kappa shape index (κ3) is 3.41. The normalized spacial score (nSPS) is 11.5. The van der Waals surface area contributed by atoms with Gasteiger partial charge in [0.25, 0.3) is 0 Å². The van der Waals surface area contributed by atoms with Crippen molar-refractivity contribution in [3.8, 4) is 22.7 Å². The zero-order valence-corrected chi connectivity index (χ0v) is 18.1. The van der Waals surface area contributed by atoms with Gasteiger partial charge in [-0.3, -0.25) is 4.98 Å². The summed E-state index contributed by atoms with van der Waals surface area (Å²) in [6, 6.07) is 6.63. The predicted molar refractivity (Wildman–Crippen MR) is 118 cm³/mol. The fourth-order valence-electron chi connectivity index (χ4n) is 3.86. The first kappa shape index (κ1) is 21.5. The maximum Gasteiger partial charge on any atom is 0.354 e. The zero-order valence-electron chi connectivity index (χ0n) is 18.1. The van der Waals surface area contributed by atoms with E-state index in [0.717, 1.165) is 11.6 Å². The molecule has 164 valence electrons. The van der Waals surface area contributed by atoms with Crippen molar-refractivity contribution in [2.75, 3.05) is 0 Å². The first-order valence-corrected chi connectivity index (χ1v) is 10.3. The van der Waals surface area contributed by atoms with E-state index in [1.807, 2.05) is 20.8 Å². The number of nitrogens with zero attached hydrogens (tertiary/aromatic N) is 4. The van der Waals surface area contributed by atoms with E-state index < -0.39 is 23.1 Å².